The Hall–Kier alpha value is -3.73. The van der Waals surface area contributed by atoms with Crippen LogP contribution in [0.15, 0.2) is 39.7 Å². The Labute approximate surface area is 209 Å². The van der Waals surface area contributed by atoms with E-state index in [9.17, 15) is 19.1 Å². The van der Waals surface area contributed by atoms with E-state index >= 15 is 0 Å². The minimum atomic E-state index is -0.950. The first-order valence-electron chi connectivity index (χ1n) is 11.4. The summed E-state index contributed by atoms with van der Waals surface area (Å²) in [5.41, 5.74) is 0.832. The van der Waals surface area contributed by atoms with E-state index in [1.807, 2.05) is 20.8 Å². The molecule has 2 N–H and O–H groups in total. The van der Waals surface area contributed by atoms with Gasteiger partial charge in [-0.3, -0.25) is 4.79 Å². The Bertz CT molecular complexity index is 1520. The van der Waals surface area contributed by atoms with E-state index in [2.05, 4.69) is 20.3 Å². The number of piperidine rings is 1. The van der Waals surface area contributed by atoms with Crippen molar-refractivity contribution in [2.24, 2.45) is 5.41 Å². The first-order valence-corrected chi connectivity index (χ1v) is 11.8. The number of aromatic nitrogens is 5. The van der Waals surface area contributed by atoms with Gasteiger partial charge in [0.1, 0.15) is 11.2 Å². The first-order chi connectivity index (χ1) is 17.0. The second-order valence-corrected chi connectivity index (χ2v) is 10.4. The van der Waals surface area contributed by atoms with Gasteiger partial charge < -0.3 is 19.4 Å². The zero-order valence-electron chi connectivity index (χ0n) is 19.8. The molecule has 12 heteroatoms. The third-order valence-corrected chi connectivity index (χ3v) is 6.93. The number of hydrogen-bond acceptors (Lipinski definition) is 6. The van der Waals surface area contributed by atoms with E-state index in [-0.39, 0.29) is 45.3 Å². The van der Waals surface area contributed by atoms with Gasteiger partial charge in [-0.1, -0.05) is 38.4 Å². The maximum atomic E-state index is 14.4. The van der Waals surface area contributed by atoms with Crippen LogP contribution in [0.2, 0.25) is 5.02 Å². The van der Waals surface area contributed by atoms with Crippen LogP contribution in [0.1, 0.15) is 45.2 Å². The number of nitrogens with zero attached hydrogens (tertiary/aromatic N) is 5. The van der Waals surface area contributed by atoms with E-state index in [0.29, 0.717) is 36.3 Å². The topological polar surface area (TPSA) is 130 Å². The summed E-state index contributed by atoms with van der Waals surface area (Å²) in [6, 6.07) is 5.73. The fourth-order valence-electron chi connectivity index (χ4n) is 4.85. The highest BCUT2D eigenvalue weighted by Gasteiger charge is 2.40. The van der Waals surface area contributed by atoms with E-state index in [4.69, 9.17) is 16.0 Å². The molecule has 10 nitrogen and oxygen atoms in total. The predicted molar refractivity (Wildman–Crippen MR) is 129 cm³/mol. The van der Waals surface area contributed by atoms with Crippen molar-refractivity contribution in [3.63, 3.8) is 0 Å². The molecule has 0 bridgehead atoms. The number of H-pyrrole nitrogens is 1. The number of halogens is 2. The number of amides is 1. The molecular formula is C24H24ClFN6O4. The first kappa shape index (κ1) is 24.0. The molecule has 1 aliphatic rings. The number of benzene rings is 1. The monoisotopic (exact) mass is 514 g/mol. The van der Waals surface area contributed by atoms with Crippen LogP contribution in [-0.2, 0) is 0 Å². The second kappa shape index (κ2) is 8.74. The number of hydrogen-bond donors (Lipinski definition) is 2. The van der Waals surface area contributed by atoms with Crippen molar-refractivity contribution >= 4 is 23.3 Å². The average molecular weight is 515 g/mol. The van der Waals surface area contributed by atoms with Gasteiger partial charge >= 0.3 is 6.09 Å². The highest BCUT2D eigenvalue weighted by atomic mass is 35.5. The SMILES string of the molecule is CC(C)(C)C1CC(c2cc(=O)[nH]c3c(-c4nnc(-c5cccc(Cl)c5F)o4)cnn23)CCN1C(=O)O. The van der Waals surface area contributed by atoms with Gasteiger partial charge in [-0.15, -0.1) is 10.2 Å². The van der Waals surface area contributed by atoms with Crippen molar-refractivity contribution in [1.82, 2.24) is 29.7 Å². The van der Waals surface area contributed by atoms with Gasteiger partial charge in [-0.25, -0.2) is 13.7 Å². The summed E-state index contributed by atoms with van der Waals surface area (Å²) < 4.78 is 21.8. The molecule has 3 aromatic heterocycles. The third-order valence-electron chi connectivity index (χ3n) is 6.64. The van der Waals surface area contributed by atoms with Crippen LogP contribution < -0.4 is 5.56 Å². The van der Waals surface area contributed by atoms with Gasteiger partial charge in [0, 0.05) is 24.6 Å². The van der Waals surface area contributed by atoms with E-state index in [0.717, 1.165) is 0 Å². The summed E-state index contributed by atoms with van der Waals surface area (Å²) in [6.45, 7) is 6.37. The number of likely N-dealkylation sites (tertiary alicyclic amines) is 1. The highest BCUT2D eigenvalue weighted by Crippen LogP contribution is 2.39. The molecule has 4 aromatic rings. The Kier molecular flexibility index (Phi) is 5.82. The maximum absolute atomic E-state index is 14.4. The molecule has 5 rings (SSSR count). The summed E-state index contributed by atoms with van der Waals surface area (Å²) in [7, 11) is 0. The molecule has 0 spiro atoms. The number of aromatic amines is 1. The zero-order chi connectivity index (χ0) is 25.8. The van der Waals surface area contributed by atoms with Crippen LogP contribution >= 0.6 is 11.6 Å². The second-order valence-electron chi connectivity index (χ2n) is 9.97. The maximum Gasteiger partial charge on any atom is 0.407 e. The summed E-state index contributed by atoms with van der Waals surface area (Å²) >= 11 is 5.87. The molecule has 0 saturated carbocycles. The molecule has 4 heterocycles. The summed E-state index contributed by atoms with van der Waals surface area (Å²) in [6.07, 6.45) is 1.64. The molecule has 1 fully saturated rings. The molecule has 2 atom stereocenters. The molecule has 1 amide bonds. The van der Waals surface area contributed by atoms with Crippen molar-refractivity contribution in [3.8, 4) is 22.9 Å². The van der Waals surface area contributed by atoms with E-state index in [1.54, 1.807) is 10.6 Å². The molecular weight excluding hydrogens is 491 g/mol. The van der Waals surface area contributed by atoms with Crippen LogP contribution in [0.5, 0.6) is 0 Å². The molecule has 1 aliphatic heterocycles. The largest absolute Gasteiger partial charge is 0.465 e. The smallest absolute Gasteiger partial charge is 0.407 e. The lowest BCUT2D eigenvalue weighted by Crippen LogP contribution is -2.51. The fraction of sp³-hybridized carbons (Fsp3) is 0.375. The summed E-state index contributed by atoms with van der Waals surface area (Å²) in [5.74, 6) is -0.774. The van der Waals surface area contributed by atoms with Crippen molar-refractivity contribution in [1.29, 1.82) is 0 Å². The van der Waals surface area contributed by atoms with Gasteiger partial charge in [-0.05, 0) is 30.4 Å². The van der Waals surface area contributed by atoms with Crippen LogP contribution in [-0.4, -0.2) is 53.5 Å². The molecule has 0 aliphatic carbocycles. The number of nitrogens with one attached hydrogen (secondary N) is 1. The normalized spacial score (nSPS) is 18.6. The lowest BCUT2D eigenvalue weighted by atomic mass is 9.76. The van der Waals surface area contributed by atoms with Crippen molar-refractivity contribution in [2.75, 3.05) is 6.54 Å². The molecule has 36 heavy (non-hydrogen) atoms. The molecule has 188 valence electrons. The zero-order valence-corrected chi connectivity index (χ0v) is 20.6. The number of carbonyl (C=O) groups is 1. The Morgan fingerprint density at radius 2 is 1.97 bits per heavy atom. The van der Waals surface area contributed by atoms with Gasteiger partial charge in [-0.2, -0.15) is 5.10 Å². The number of rotatable bonds is 3. The number of carboxylic acid groups (broad SMARTS) is 1. The van der Waals surface area contributed by atoms with Crippen molar-refractivity contribution < 1.29 is 18.7 Å². The van der Waals surface area contributed by atoms with Crippen LogP contribution in [0.3, 0.4) is 0 Å². The van der Waals surface area contributed by atoms with E-state index in [1.165, 1.54) is 29.3 Å². The van der Waals surface area contributed by atoms with Gasteiger partial charge in [0.25, 0.3) is 17.3 Å². The fourth-order valence-corrected chi connectivity index (χ4v) is 5.03. The average Bonchev–Trinajstić information content (AvgIpc) is 3.46. The quantitative estimate of drug-likeness (QED) is 0.401. The minimum Gasteiger partial charge on any atom is -0.465 e. The Morgan fingerprint density at radius 1 is 1.25 bits per heavy atom. The van der Waals surface area contributed by atoms with Crippen LogP contribution in [0.4, 0.5) is 9.18 Å². The lowest BCUT2D eigenvalue weighted by Gasteiger charge is -2.44. The summed E-state index contributed by atoms with van der Waals surface area (Å²) in [5, 5.41) is 22.1. The Balaban J connectivity index is 1.54. The van der Waals surface area contributed by atoms with Crippen LogP contribution in [0, 0.1) is 11.2 Å². The lowest BCUT2D eigenvalue weighted by molar-refractivity contribution is 0.0518. The Morgan fingerprint density at radius 3 is 2.67 bits per heavy atom. The standard InChI is InChI=1S/C24H24ClFN6O4/c1-24(2,3)17-9-12(7-8-31(17)23(34)35)16-10-18(33)28-20-14(11-27-32(16)20)22-30-29-21(36-22)13-5-4-6-15(25)19(13)26/h4-6,10-12,17H,7-9H2,1-3H3,(H,28,33)(H,34,35). The predicted octanol–water partition coefficient (Wildman–Crippen LogP) is 4.80. The molecule has 2 unspecified atom stereocenters. The van der Waals surface area contributed by atoms with Gasteiger partial charge in [0.05, 0.1) is 22.5 Å². The molecule has 1 aromatic carbocycles. The van der Waals surface area contributed by atoms with Crippen LogP contribution in [0.25, 0.3) is 28.6 Å². The summed E-state index contributed by atoms with van der Waals surface area (Å²) in [4.78, 5) is 28.7. The molecule has 1 saturated heterocycles. The highest BCUT2D eigenvalue weighted by molar-refractivity contribution is 6.31. The van der Waals surface area contributed by atoms with Gasteiger partial charge in [0.15, 0.2) is 5.82 Å². The number of fused-ring (bicyclic) bond motifs is 1. The molecule has 0 radical (unpaired) electrons. The van der Waals surface area contributed by atoms with Gasteiger partial charge in [0.2, 0.25) is 0 Å². The van der Waals surface area contributed by atoms with E-state index < -0.39 is 11.9 Å². The van der Waals surface area contributed by atoms with Crippen molar-refractivity contribution in [2.45, 2.75) is 45.6 Å². The third kappa shape index (κ3) is 4.13. The van der Waals surface area contributed by atoms with Crippen molar-refractivity contribution in [3.05, 3.63) is 57.3 Å². The minimum absolute atomic E-state index is 0.0560.